The topological polar surface area (TPSA) is 129 Å². The summed E-state index contributed by atoms with van der Waals surface area (Å²) in [6, 6.07) is 7.62. The van der Waals surface area contributed by atoms with E-state index in [0.29, 0.717) is 28.6 Å². The van der Waals surface area contributed by atoms with Gasteiger partial charge in [-0.1, -0.05) is 17.7 Å². The van der Waals surface area contributed by atoms with E-state index < -0.39 is 47.5 Å². The second kappa shape index (κ2) is 12.0. The normalized spacial score (nSPS) is 11.4. The van der Waals surface area contributed by atoms with Crippen molar-refractivity contribution < 1.29 is 17.9 Å². The van der Waals surface area contributed by atoms with Gasteiger partial charge in [0.1, 0.15) is 0 Å². The van der Waals surface area contributed by atoms with Gasteiger partial charge >= 0.3 is 11.4 Å². The van der Waals surface area contributed by atoms with Crippen LogP contribution < -0.4 is 22.3 Å². The third-order valence-corrected chi connectivity index (χ3v) is 6.70. The van der Waals surface area contributed by atoms with E-state index in [1.54, 1.807) is 30.1 Å². The quantitative estimate of drug-likeness (QED) is 0.185. The molecule has 11 nitrogen and oxygen atoms in total. The smallest absolute Gasteiger partial charge is 0.355 e. The van der Waals surface area contributed by atoms with E-state index in [9.17, 15) is 27.6 Å². The number of aromatic nitrogens is 6. The molecule has 2 aromatic carbocycles. The van der Waals surface area contributed by atoms with Gasteiger partial charge in [-0.15, -0.1) is 0 Å². The fourth-order valence-corrected chi connectivity index (χ4v) is 4.54. The summed E-state index contributed by atoms with van der Waals surface area (Å²) in [6.45, 7) is 0.212. The third-order valence-electron chi connectivity index (χ3n) is 6.39. The van der Waals surface area contributed by atoms with Crippen LogP contribution in [0.3, 0.4) is 0 Å². The van der Waals surface area contributed by atoms with E-state index in [1.165, 1.54) is 18.3 Å². The second-order valence-corrected chi connectivity index (χ2v) is 9.73. The van der Waals surface area contributed by atoms with Crippen molar-refractivity contribution in [3.63, 3.8) is 0 Å². The van der Waals surface area contributed by atoms with Gasteiger partial charge in [-0.25, -0.2) is 27.3 Å². The highest BCUT2D eigenvalue weighted by Crippen LogP contribution is 2.29. The second-order valence-electron chi connectivity index (χ2n) is 9.33. The number of aromatic amines is 1. The minimum Gasteiger partial charge on any atom is -0.385 e. The number of nitrogens with one attached hydrogen (secondary N) is 2. The first-order valence-corrected chi connectivity index (χ1v) is 13.0. The van der Waals surface area contributed by atoms with Crippen LogP contribution in [0.4, 0.5) is 24.8 Å². The molecule has 42 heavy (non-hydrogen) atoms. The van der Waals surface area contributed by atoms with Crippen LogP contribution in [0.5, 0.6) is 0 Å². The molecule has 3 aromatic heterocycles. The van der Waals surface area contributed by atoms with E-state index in [0.717, 1.165) is 23.1 Å². The zero-order valence-electron chi connectivity index (χ0n) is 22.0. The molecule has 0 spiro atoms. The summed E-state index contributed by atoms with van der Waals surface area (Å²) in [5.41, 5.74) is -1.65. The minimum atomic E-state index is -1.67. The summed E-state index contributed by atoms with van der Waals surface area (Å²) in [5.74, 6) is -4.89. The van der Waals surface area contributed by atoms with Crippen LogP contribution in [-0.4, -0.2) is 42.6 Å². The molecule has 0 atom stereocenters. The lowest BCUT2D eigenvalue weighted by atomic mass is 10.2. The van der Waals surface area contributed by atoms with Gasteiger partial charge in [0.2, 0.25) is 5.95 Å². The molecule has 3 heterocycles. The van der Waals surface area contributed by atoms with E-state index in [1.807, 2.05) is 0 Å². The molecular formula is C27H23ClF3N7O4. The Bertz CT molecular complexity index is 1950. The molecule has 0 saturated carbocycles. The number of hydrogen-bond donors (Lipinski definition) is 2. The van der Waals surface area contributed by atoms with E-state index in [2.05, 4.69) is 20.4 Å². The van der Waals surface area contributed by atoms with Crippen LogP contribution in [0.15, 0.2) is 63.2 Å². The van der Waals surface area contributed by atoms with E-state index >= 15 is 0 Å². The molecule has 0 aliphatic carbocycles. The predicted molar refractivity (Wildman–Crippen MR) is 149 cm³/mol. The van der Waals surface area contributed by atoms with Crippen molar-refractivity contribution in [2.75, 3.05) is 19.0 Å². The van der Waals surface area contributed by atoms with E-state index in [4.69, 9.17) is 16.3 Å². The van der Waals surface area contributed by atoms with Crippen LogP contribution in [0.2, 0.25) is 5.02 Å². The maximum atomic E-state index is 14.0. The number of aryl methyl sites for hydroxylation is 1. The number of H-pyrrole nitrogens is 1. The molecule has 0 aliphatic heterocycles. The van der Waals surface area contributed by atoms with Crippen molar-refractivity contribution in [3.05, 3.63) is 114 Å². The number of hydrogen-bond acceptors (Lipinski definition) is 7. The van der Waals surface area contributed by atoms with Crippen molar-refractivity contribution in [1.29, 1.82) is 0 Å². The van der Waals surface area contributed by atoms with Crippen LogP contribution >= 0.6 is 11.6 Å². The van der Waals surface area contributed by atoms with Crippen molar-refractivity contribution in [2.45, 2.75) is 26.1 Å². The lowest BCUT2D eigenvalue weighted by Gasteiger charge is -2.16. The molecule has 0 fully saturated rings. The van der Waals surface area contributed by atoms with Gasteiger partial charge in [0.15, 0.2) is 17.5 Å². The lowest BCUT2D eigenvalue weighted by Crippen LogP contribution is -2.43. The largest absolute Gasteiger partial charge is 0.385 e. The van der Waals surface area contributed by atoms with Crippen LogP contribution in [0.1, 0.15) is 17.5 Å². The summed E-state index contributed by atoms with van der Waals surface area (Å²) < 4.78 is 50.0. The Morgan fingerprint density at radius 2 is 1.81 bits per heavy atom. The van der Waals surface area contributed by atoms with Crippen molar-refractivity contribution in [3.8, 4) is 0 Å². The van der Waals surface area contributed by atoms with Gasteiger partial charge < -0.3 is 15.0 Å². The zero-order chi connectivity index (χ0) is 30.0. The molecule has 5 rings (SSSR count). The Hall–Kier alpha value is -4.69. The Balaban J connectivity index is 1.58. The molecule has 218 valence electrons. The average Bonchev–Trinajstić information content (AvgIpc) is 3.34. The highest BCUT2D eigenvalue weighted by molar-refractivity contribution is 6.34. The highest BCUT2D eigenvalue weighted by atomic mass is 35.5. The standard InChI is InChI=1S/C27H23ClF3N7O4/c1-42-7-3-6-36-13-17-10-22(18(28)11-21(17)35-36)33-25-34-26(40)38(14-16-4-2-5-32-24(16)39)27(41)37(25)12-15-8-19(29)23(31)20(30)9-15/h2,4-5,8-11,13H,3,6-7,12,14H2,1H3,(H,32,39)(H,33,34,40). The number of methoxy groups -OCH3 is 1. The average molecular weight is 602 g/mol. The Kier molecular flexibility index (Phi) is 8.27. The van der Waals surface area contributed by atoms with E-state index in [-0.39, 0.29) is 27.8 Å². The number of rotatable bonds is 10. The molecule has 0 aliphatic rings. The molecular weight excluding hydrogens is 579 g/mol. The van der Waals surface area contributed by atoms with Gasteiger partial charge in [-0.05, 0) is 42.3 Å². The number of ether oxygens (including phenoxy) is 1. The van der Waals surface area contributed by atoms with Gasteiger partial charge in [0, 0.05) is 43.6 Å². The Labute approximate surface area is 239 Å². The van der Waals surface area contributed by atoms with Crippen LogP contribution in [-0.2, 0) is 24.4 Å². The first-order valence-electron chi connectivity index (χ1n) is 12.6. The molecule has 15 heteroatoms. The SMILES string of the molecule is COCCCn1cc2cc(Nc3nc(=O)n(Cc4ccc[nH]c4=O)c(=O)n3Cc3cc(F)c(F)c(F)c3)c(Cl)cc2n1. The first-order chi connectivity index (χ1) is 20.1. The summed E-state index contributed by atoms with van der Waals surface area (Å²) in [4.78, 5) is 45.2. The summed E-state index contributed by atoms with van der Waals surface area (Å²) >= 11 is 6.49. The summed E-state index contributed by atoms with van der Waals surface area (Å²) in [7, 11) is 1.60. The van der Waals surface area contributed by atoms with Gasteiger partial charge in [-0.2, -0.15) is 10.1 Å². The summed E-state index contributed by atoms with van der Waals surface area (Å²) in [5, 5.41) is 8.20. The molecule has 0 bridgehead atoms. The fourth-order valence-electron chi connectivity index (χ4n) is 4.33. The monoisotopic (exact) mass is 601 g/mol. The number of pyridine rings is 1. The molecule has 0 amide bonds. The third kappa shape index (κ3) is 5.99. The van der Waals surface area contributed by atoms with Crippen LogP contribution in [0, 0.1) is 17.5 Å². The number of benzene rings is 2. The van der Waals surface area contributed by atoms with Crippen molar-refractivity contribution in [1.82, 2.24) is 28.9 Å². The fraction of sp³-hybridized carbons (Fsp3) is 0.222. The molecule has 5 aromatic rings. The van der Waals surface area contributed by atoms with Crippen molar-refractivity contribution in [2.24, 2.45) is 0 Å². The summed E-state index contributed by atoms with van der Waals surface area (Å²) in [6.07, 6.45) is 3.90. The maximum Gasteiger partial charge on any atom is 0.355 e. The molecule has 2 N–H and O–H groups in total. The number of halogens is 4. The molecule has 0 saturated heterocycles. The van der Waals surface area contributed by atoms with Crippen LogP contribution in [0.25, 0.3) is 10.9 Å². The highest BCUT2D eigenvalue weighted by Gasteiger charge is 2.19. The molecule has 0 radical (unpaired) electrons. The first kappa shape index (κ1) is 28.8. The zero-order valence-corrected chi connectivity index (χ0v) is 22.8. The van der Waals surface area contributed by atoms with Gasteiger partial charge in [0.05, 0.1) is 29.3 Å². The number of anilines is 2. The maximum absolute atomic E-state index is 14.0. The molecule has 0 unspecified atom stereocenters. The van der Waals surface area contributed by atoms with Crippen molar-refractivity contribution >= 4 is 34.1 Å². The Morgan fingerprint density at radius 3 is 2.52 bits per heavy atom. The lowest BCUT2D eigenvalue weighted by molar-refractivity contribution is 0.189. The minimum absolute atomic E-state index is 0.0978. The predicted octanol–water partition coefficient (Wildman–Crippen LogP) is 3.39. The van der Waals surface area contributed by atoms with Gasteiger partial charge in [0.25, 0.3) is 5.56 Å². The van der Waals surface area contributed by atoms with Gasteiger partial charge in [-0.3, -0.25) is 14.0 Å². The number of nitrogens with zero attached hydrogens (tertiary/aromatic N) is 5. The number of fused-ring (bicyclic) bond motifs is 1. The Morgan fingerprint density at radius 1 is 1.05 bits per heavy atom.